The minimum absolute atomic E-state index is 0.0378. The summed E-state index contributed by atoms with van der Waals surface area (Å²) in [5, 5.41) is 3.34. The van der Waals surface area contributed by atoms with Gasteiger partial charge in [-0.2, -0.15) is 0 Å². The second-order valence-corrected chi connectivity index (χ2v) is 5.98. The van der Waals surface area contributed by atoms with Crippen molar-refractivity contribution in [1.82, 2.24) is 19.9 Å². The summed E-state index contributed by atoms with van der Waals surface area (Å²) < 4.78 is 7.37. The Morgan fingerprint density at radius 3 is 2.90 bits per heavy atom. The molecule has 21 heavy (non-hydrogen) atoms. The van der Waals surface area contributed by atoms with Crippen molar-refractivity contribution in [3.63, 3.8) is 0 Å². The molecule has 0 saturated carbocycles. The predicted molar refractivity (Wildman–Crippen MR) is 79.7 cm³/mol. The smallest absolute Gasteiger partial charge is 0.327 e. The molecule has 0 radical (unpaired) electrons. The lowest BCUT2D eigenvalue weighted by Crippen LogP contribution is -2.33. The number of pyridine rings is 1. The minimum atomic E-state index is -0.0378. The summed E-state index contributed by atoms with van der Waals surface area (Å²) in [6, 6.07) is 2.39. The van der Waals surface area contributed by atoms with Crippen molar-refractivity contribution in [3.05, 3.63) is 28.3 Å². The molecule has 2 aromatic rings. The molecular formula is C15H20N4O2. The van der Waals surface area contributed by atoms with Crippen LogP contribution in [0.5, 0.6) is 0 Å². The standard InChI is InChI=1S/C15H20N4O2/c20-15-18-14-13(19(15)12-1-4-16-5-2-12)7-11(8-17-14)10-3-6-21-9-10/h7-8,10,12,16H,1-6,9H2,(H,17,18,20). The third-order valence-electron chi connectivity index (χ3n) is 4.67. The Hall–Kier alpha value is -1.66. The maximum absolute atomic E-state index is 12.3. The van der Waals surface area contributed by atoms with E-state index < -0.39 is 0 Å². The molecule has 2 aromatic heterocycles. The first-order chi connectivity index (χ1) is 10.3. The van der Waals surface area contributed by atoms with Crippen LogP contribution in [0.1, 0.15) is 36.8 Å². The van der Waals surface area contributed by atoms with Crippen LogP contribution in [-0.2, 0) is 4.74 Å². The van der Waals surface area contributed by atoms with E-state index in [0.717, 1.165) is 51.1 Å². The summed E-state index contributed by atoms with van der Waals surface area (Å²) in [4.78, 5) is 19.6. The van der Waals surface area contributed by atoms with E-state index in [0.29, 0.717) is 11.6 Å². The largest absolute Gasteiger partial charge is 0.381 e. The van der Waals surface area contributed by atoms with E-state index >= 15 is 0 Å². The van der Waals surface area contributed by atoms with Gasteiger partial charge in [-0.15, -0.1) is 0 Å². The van der Waals surface area contributed by atoms with Crippen LogP contribution in [0.4, 0.5) is 0 Å². The molecule has 0 aromatic carbocycles. The molecule has 0 amide bonds. The van der Waals surface area contributed by atoms with Gasteiger partial charge < -0.3 is 10.1 Å². The van der Waals surface area contributed by atoms with Crippen molar-refractivity contribution in [2.24, 2.45) is 0 Å². The lowest BCUT2D eigenvalue weighted by molar-refractivity contribution is 0.194. The molecule has 2 aliphatic rings. The number of hydrogen-bond donors (Lipinski definition) is 2. The van der Waals surface area contributed by atoms with E-state index in [1.165, 1.54) is 5.56 Å². The van der Waals surface area contributed by atoms with Crippen molar-refractivity contribution in [2.75, 3.05) is 26.3 Å². The highest BCUT2D eigenvalue weighted by Gasteiger charge is 2.23. The fourth-order valence-electron chi connectivity index (χ4n) is 3.47. The maximum Gasteiger partial charge on any atom is 0.327 e. The van der Waals surface area contributed by atoms with E-state index in [-0.39, 0.29) is 11.7 Å². The highest BCUT2D eigenvalue weighted by Crippen LogP contribution is 2.28. The fourth-order valence-corrected chi connectivity index (χ4v) is 3.47. The number of nitrogens with one attached hydrogen (secondary N) is 2. The lowest BCUT2D eigenvalue weighted by Gasteiger charge is -2.23. The van der Waals surface area contributed by atoms with Crippen LogP contribution in [-0.4, -0.2) is 40.8 Å². The molecule has 2 aliphatic heterocycles. The second kappa shape index (κ2) is 5.27. The monoisotopic (exact) mass is 288 g/mol. The Bertz CT molecular complexity index is 693. The quantitative estimate of drug-likeness (QED) is 0.869. The van der Waals surface area contributed by atoms with E-state index in [1.807, 2.05) is 10.8 Å². The van der Waals surface area contributed by atoms with Crippen LogP contribution in [0.15, 0.2) is 17.1 Å². The molecule has 1 atom stereocenters. The van der Waals surface area contributed by atoms with Gasteiger partial charge in [0.25, 0.3) is 0 Å². The number of fused-ring (bicyclic) bond motifs is 1. The van der Waals surface area contributed by atoms with Crippen molar-refractivity contribution in [1.29, 1.82) is 0 Å². The Morgan fingerprint density at radius 1 is 1.29 bits per heavy atom. The molecular weight excluding hydrogens is 268 g/mol. The normalized spacial score (nSPS) is 23.9. The number of piperidine rings is 1. The minimum Gasteiger partial charge on any atom is -0.381 e. The third-order valence-corrected chi connectivity index (χ3v) is 4.67. The predicted octanol–water partition coefficient (Wildman–Crippen LogP) is 1.15. The molecule has 0 bridgehead atoms. The number of H-pyrrole nitrogens is 1. The van der Waals surface area contributed by atoms with Gasteiger partial charge in [-0.3, -0.25) is 9.55 Å². The van der Waals surface area contributed by atoms with Crippen LogP contribution < -0.4 is 11.0 Å². The van der Waals surface area contributed by atoms with Gasteiger partial charge in [-0.1, -0.05) is 0 Å². The summed E-state index contributed by atoms with van der Waals surface area (Å²) in [7, 11) is 0. The summed E-state index contributed by atoms with van der Waals surface area (Å²) in [6.07, 6.45) is 4.90. The number of aromatic nitrogens is 3. The molecule has 1 unspecified atom stereocenters. The molecule has 0 aliphatic carbocycles. The first kappa shape index (κ1) is 13.0. The third kappa shape index (κ3) is 2.28. The van der Waals surface area contributed by atoms with Gasteiger partial charge in [0.1, 0.15) is 0 Å². The van der Waals surface area contributed by atoms with Crippen molar-refractivity contribution in [2.45, 2.75) is 31.2 Å². The van der Waals surface area contributed by atoms with Crippen LogP contribution in [0.25, 0.3) is 11.2 Å². The Morgan fingerprint density at radius 2 is 2.14 bits per heavy atom. The van der Waals surface area contributed by atoms with Gasteiger partial charge in [-0.05, 0) is 44.0 Å². The molecule has 0 spiro atoms. The van der Waals surface area contributed by atoms with Gasteiger partial charge >= 0.3 is 5.69 Å². The Labute approximate surface area is 122 Å². The first-order valence-electron chi connectivity index (χ1n) is 7.71. The van der Waals surface area contributed by atoms with E-state index in [1.54, 1.807) is 0 Å². The molecule has 4 heterocycles. The van der Waals surface area contributed by atoms with Crippen LogP contribution in [0, 0.1) is 0 Å². The van der Waals surface area contributed by atoms with Crippen LogP contribution >= 0.6 is 0 Å². The van der Waals surface area contributed by atoms with E-state index in [9.17, 15) is 4.79 Å². The number of imidazole rings is 1. The second-order valence-electron chi connectivity index (χ2n) is 5.98. The zero-order valence-corrected chi connectivity index (χ0v) is 12.0. The molecule has 2 fully saturated rings. The van der Waals surface area contributed by atoms with E-state index in [4.69, 9.17) is 4.74 Å². The summed E-state index contributed by atoms with van der Waals surface area (Å²) >= 11 is 0. The summed E-state index contributed by atoms with van der Waals surface area (Å²) in [5.41, 5.74) is 2.78. The topological polar surface area (TPSA) is 71.9 Å². The molecule has 2 saturated heterocycles. The number of rotatable bonds is 2. The van der Waals surface area contributed by atoms with Gasteiger partial charge in [0.2, 0.25) is 0 Å². The number of nitrogens with zero attached hydrogens (tertiary/aromatic N) is 2. The average molecular weight is 288 g/mol. The molecule has 6 nitrogen and oxygen atoms in total. The Balaban J connectivity index is 1.79. The van der Waals surface area contributed by atoms with Crippen molar-refractivity contribution in [3.8, 4) is 0 Å². The summed E-state index contributed by atoms with van der Waals surface area (Å²) in [5.74, 6) is 0.411. The lowest BCUT2D eigenvalue weighted by atomic mass is 10.00. The Kier molecular flexibility index (Phi) is 3.27. The average Bonchev–Trinajstić information content (AvgIpc) is 3.14. The number of hydrogen-bond acceptors (Lipinski definition) is 4. The van der Waals surface area contributed by atoms with E-state index in [2.05, 4.69) is 21.4 Å². The van der Waals surface area contributed by atoms with Gasteiger partial charge in [-0.25, -0.2) is 9.78 Å². The SMILES string of the molecule is O=c1[nH]c2ncc(C3CCOC3)cc2n1C1CCNCC1. The fraction of sp³-hybridized carbons (Fsp3) is 0.600. The molecule has 6 heteroatoms. The zero-order valence-electron chi connectivity index (χ0n) is 12.0. The molecule has 4 rings (SSSR count). The van der Waals surface area contributed by atoms with Gasteiger partial charge in [0.15, 0.2) is 5.65 Å². The number of aromatic amines is 1. The molecule has 2 N–H and O–H groups in total. The van der Waals surface area contributed by atoms with Crippen molar-refractivity contribution < 1.29 is 4.74 Å². The van der Waals surface area contributed by atoms with Crippen LogP contribution in [0.2, 0.25) is 0 Å². The summed E-state index contributed by atoms with van der Waals surface area (Å²) in [6.45, 7) is 3.51. The highest BCUT2D eigenvalue weighted by atomic mass is 16.5. The number of ether oxygens (including phenoxy) is 1. The van der Waals surface area contributed by atoms with Gasteiger partial charge in [0.05, 0.1) is 12.1 Å². The van der Waals surface area contributed by atoms with Crippen molar-refractivity contribution >= 4 is 11.2 Å². The molecule has 112 valence electrons. The van der Waals surface area contributed by atoms with Crippen LogP contribution in [0.3, 0.4) is 0 Å². The van der Waals surface area contributed by atoms with Gasteiger partial charge in [0, 0.05) is 24.8 Å². The zero-order chi connectivity index (χ0) is 14.2. The maximum atomic E-state index is 12.3. The first-order valence-corrected chi connectivity index (χ1v) is 7.71. The highest BCUT2D eigenvalue weighted by molar-refractivity contribution is 5.71.